The Morgan fingerprint density at radius 2 is 1.67 bits per heavy atom. The number of hydrogen-bond acceptors (Lipinski definition) is 6. The summed E-state index contributed by atoms with van der Waals surface area (Å²) in [5.74, 6) is 0.494. The smallest absolute Gasteiger partial charge is 0.343 e. The first-order valence-corrected chi connectivity index (χ1v) is 11.1. The van der Waals surface area contributed by atoms with E-state index in [2.05, 4.69) is 26.5 Å². The molecule has 0 bridgehead atoms. The van der Waals surface area contributed by atoms with E-state index in [0.29, 0.717) is 45.9 Å². The Balaban J connectivity index is 1.69. The van der Waals surface area contributed by atoms with E-state index in [4.69, 9.17) is 14.2 Å². The van der Waals surface area contributed by atoms with Crippen LogP contribution in [0.2, 0.25) is 0 Å². The van der Waals surface area contributed by atoms with E-state index >= 15 is 0 Å². The van der Waals surface area contributed by atoms with Crippen molar-refractivity contribution in [2.24, 2.45) is 5.10 Å². The van der Waals surface area contributed by atoms with Crippen molar-refractivity contribution < 1.29 is 23.8 Å². The molecule has 0 heterocycles. The van der Waals surface area contributed by atoms with Gasteiger partial charge in [-0.25, -0.2) is 10.2 Å². The number of benzene rings is 3. The molecule has 0 aliphatic heterocycles. The Labute approximate surface area is 200 Å². The highest BCUT2D eigenvalue weighted by Gasteiger charge is 2.14. The monoisotopic (exact) mass is 510 g/mol. The molecule has 0 aromatic heterocycles. The third-order valence-electron chi connectivity index (χ3n) is 4.37. The highest BCUT2D eigenvalue weighted by Crippen LogP contribution is 2.29. The van der Waals surface area contributed by atoms with Gasteiger partial charge in [-0.15, -0.1) is 0 Å². The first-order valence-electron chi connectivity index (χ1n) is 10.3. The normalized spacial score (nSPS) is 10.6. The van der Waals surface area contributed by atoms with E-state index in [1.165, 1.54) is 6.21 Å². The lowest BCUT2D eigenvalue weighted by Gasteiger charge is -2.11. The summed E-state index contributed by atoms with van der Waals surface area (Å²) in [6, 6.07) is 18.8. The van der Waals surface area contributed by atoms with Crippen molar-refractivity contribution in [3.05, 3.63) is 87.9 Å². The van der Waals surface area contributed by atoms with E-state index in [0.717, 1.165) is 0 Å². The van der Waals surface area contributed by atoms with E-state index in [-0.39, 0.29) is 11.7 Å². The molecule has 0 fully saturated rings. The second-order valence-electron chi connectivity index (χ2n) is 6.67. The SMILES string of the molecule is CCOc1ccc(C(=O)Oc2ccc(/C=N\NC(=O)c3ccccc3Br)cc2OCC)cc1. The van der Waals surface area contributed by atoms with Crippen LogP contribution in [0.5, 0.6) is 17.2 Å². The van der Waals surface area contributed by atoms with Gasteiger partial charge in [0.15, 0.2) is 11.5 Å². The molecule has 33 heavy (non-hydrogen) atoms. The van der Waals surface area contributed by atoms with Crippen molar-refractivity contribution in [2.45, 2.75) is 13.8 Å². The van der Waals surface area contributed by atoms with Gasteiger partial charge in [-0.05, 0) is 89.9 Å². The molecule has 170 valence electrons. The fraction of sp³-hybridized carbons (Fsp3) is 0.160. The summed E-state index contributed by atoms with van der Waals surface area (Å²) in [7, 11) is 0. The summed E-state index contributed by atoms with van der Waals surface area (Å²) in [5.41, 5.74) is 4.01. The summed E-state index contributed by atoms with van der Waals surface area (Å²) >= 11 is 3.34. The maximum Gasteiger partial charge on any atom is 0.343 e. The minimum Gasteiger partial charge on any atom is -0.494 e. The number of halogens is 1. The van der Waals surface area contributed by atoms with Crippen LogP contribution in [0.25, 0.3) is 0 Å². The lowest BCUT2D eigenvalue weighted by atomic mass is 10.2. The number of ether oxygens (including phenoxy) is 3. The van der Waals surface area contributed by atoms with Crippen LogP contribution >= 0.6 is 15.9 Å². The first kappa shape index (κ1) is 24.0. The molecule has 3 aromatic rings. The van der Waals surface area contributed by atoms with Crippen LogP contribution in [0.1, 0.15) is 40.1 Å². The van der Waals surface area contributed by atoms with E-state index < -0.39 is 5.97 Å². The summed E-state index contributed by atoms with van der Waals surface area (Å²) in [5, 5.41) is 4.00. The van der Waals surface area contributed by atoms with Crippen LogP contribution in [0.3, 0.4) is 0 Å². The number of amides is 1. The topological polar surface area (TPSA) is 86.2 Å². The Bertz CT molecular complexity index is 1150. The number of nitrogens with one attached hydrogen (secondary N) is 1. The summed E-state index contributed by atoms with van der Waals surface area (Å²) in [4.78, 5) is 24.8. The number of hydrazone groups is 1. The molecule has 1 N–H and O–H groups in total. The molecular weight excluding hydrogens is 488 g/mol. The lowest BCUT2D eigenvalue weighted by Crippen LogP contribution is -2.18. The van der Waals surface area contributed by atoms with Gasteiger partial charge in [-0.2, -0.15) is 5.10 Å². The molecule has 1 amide bonds. The van der Waals surface area contributed by atoms with Crippen molar-refractivity contribution in [1.82, 2.24) is 5.43 Å². The highest BCUT2D eigenvalue weighted by molar-refractivity contribution is 9.10. The van der Waals surface area contributed by atoms with Crippen molar-refractivity contribution in [3.8, 4) is 17.2 Å². The predicted octanol–water partition coefficient (Wildman–Crippen LogP) is 5.23. The van der Waals surface area contributed by atoms with Gasteiger partial charge >= 0.3 is 5.97 Å². The third kappa shape index (κ3) is 6.66. The molecule has 0 aliphatic carbocycles. The second-order valence-corrected chi connectivity index (χ2v) is 7.52. The molecule has 0 spiro atoms. The summed E-state index contributed by atoms with van der Waals surface area (Å²) in [6.07, 6.45) is 1.48. The highest BCUT2D eigenvalue weighted by atomic mass is 79.9. The van der Waals surface area contributed by atoms with Crippen LogP contribution in [0, 0.1) is 0 Å². The first-order chi connectivity index (χ1) is 16.0. The predicted molar refractivity (Wildman–Crippen MR) is 129 cm³/mol. The molecule has 7 nitrogen and oxygen atoms in total. The minimum atomic E-state index is -0.513. The largest absolute Gasteiger partial charge is 0.494 e. The number of carbonyl (C=O) groups excluding carboxylic acids is 2. The maximum atomic E-state index is 12.5. The van der Waals surface area contributed by atoms with Gasteiger partial charge in [0, 0.05) is 4.47 Å². The Hall–Kier alpha value is -3.65. The zero-order valence-electron chi connectivity index (χ0n) is 18.2. The van der Waals surface area contributed by atoms with Gasteiger partial charge in [-0.1, -0.05) is 12.1 Å². The standard InChI is InChI=1S/C25H23BrN2O5/c1-3-31-19-12-10-18(11-13-19)25(30)33-22-14-9-17(15-23(22)32-4-2)16-27-28-24(29)20-7-5-6-8-21(20)26/h5-16H,3-4H2,1-2H3,(H,28,29)/b27-16-. The molecule has 8 heteroatoms. The summed E-state index contributed by atoms with van der Waals surface area (Å²) in [6.45, 7) is 4.65. The van der Waals surface area contributed by atoms with Crippen molar-refractivity contribution in [1.29, 1.82) is 0 Å². The van der Waals surface area contributed by atoms with E-state index in [1.807, 2.05) is 19.9 Å². The molecule has 0 saturated carbocycles. The van der Waals surface area contributed by atoms with Gasteiger partial charge in [0.1, 0.15) is 5.75 Å². The van der Waals surface area contributed by atoms with Gasteiger partial charge < -0.3 is 14.2 Å². The molecule has 3 aromatic carbocycles. The van der Waals surface area contributed by atoms with Crippen molar-refractivity contribution in [3.63, 3.8) is 0 Å². The molecule has 0 saturated heterocycles. The Morgan fingerprint density at radius 3 is 2.36 bits per heavy atom. The fourth-order valence-corrected chi connectivity index (χ4v) is 3.31. The molecule has 0 aliphatic rings. The van der Waals surface area contributed by atoms with E-state index in [9.17, 15) is 9.59 Å². The number of nitrogens with zero attached hydrogens (tertiary/aromatic N) is 1. The Kier molecular flexibility index (Phi) is 8.60. The maximum absolute atomic E-state index is 12.5. The van der Waals surface area contributed by atoms with Crippen LogP contribution in [0.15, 0.2) is 76.3 Å². The molecule has 3 rings (SSSR count). The minimum absolute atomic E-state index is 0.283. The summed E-state index contributed by atoms with van der Waals surface area (Å²) < 4.78 is 17.2. The second kappa shape index (κ2) is 11.8. The van der Waals surface area contributed by atoms with Gasteiger partial charge in [-0.3, -0.25) is 4.79 Å². The molecule has 0 radical (unpaired) electrons. The van der Waals surface area contributed by atoms with Crippen LogP contribution in [0.4, 0.5) is 0 Å². The number of rotatable bonds is 9. The van der Waals surface area contributed by atoms with Crippen molar-refractivity contribution >= 4 is 34.0 Å². The third-order valence-corrected chi connectivity index (χ3v) is 5.06. The quantitative estimate of drug-likeness (QED) is 0.184. The zero-order valence-corrected chi connectivity index (χ0v) is 19.8. The average Bonchev–Trinajstić information content (AvgIpc) is 2.81. The average molecular weight is 511 g/mol. The molecular formula is C25H23BrN2O5. The van der Waals surface area contributed by atoms with E-state index in [1.54, 1.807) is 60.7 Å². The number of carbonyl (C=O) groups is 2. The van der Waals surface area contributed by atoms with Crippen LogP contribution in [-0.2, 0) is 0 Å². The Morgan fingerprint density at radius 1 is 0.939 bits per heavy atom. The van der Waals surface area contributed by atoms with Gasteiger partial charge in [0.05, 0.1) is 30.6 Å². The van der Waals surface area contributed by atoms with Crippen LogP contribution in [-0.4, -0.2) is 31.3 Å². The lowest BCUT2D eigenvalue weighted by molar-refractivity contribution is 0.0728. The van der Waals surface area contributed by atoms with Gasteiger partial charge in [0.2, 0.25) is 0 Å². The zero-order chi connectivity index (χ0) is 23.6. The van der Waals surface area contributed by atoms with Gasteiger partial charge in [0.25, 0.3) is 5.91 Å². The molecule has 0 unspecified atom stereocenters. The van der Waals surface area contributed by atoms with Crippen LogP contribution < -0.4 is 19.6 Å². The fourth-order valence-electron chi connectivity index (χ4n) is 2.84. The molecule has 0 atom stereocenters. The number of hydrogen-bond donors (Lipinski definition) is 1. The van der Waals surface area contributed by atoms with Crippen molar-refractivity contribution in [2.75, 3.05) is 13.2 Å². The number of esters is 1.